The van der Waals surface area contributed by atoms with E-state index in [0.29, 0.717) is 12.3 Å². The van der Waals surface area contributed by atoms with Crippen LogP contribution in [0, 0.1) is 6.92 Å². The molecule has 1 rings (SSSR count). The average Bonchev–Trinajstić information content (AvgIpc) is 2.25. The first-order valence-electron chi connectivity index (χ1n) is 5.28. The van der Waals surface area contributed by atoms with Gasteiger partial charge in [0.1, 0.15) is 11.4 Å². The molecule has 0 saturated carbocycles. The zero-order chi connectivity index (χ0) is 13.1. The molecule has 6 nitrogen and oxygen atoms in total. The number of ether oxygens (including phenoxy) is 1. The maximum atomic E-state index is 11.3. The molecule has 2 atom stereocenters. The first-order chi connectivity index (χ1) is 7.86. The van der Waals surface area contributed by atoms with Gasteiger partial charge >= 0.3 is 0 Å². The van der Waals surface area contributed by atoms with Gasteiger partial charge in [-0.05, 0) is 20.8 Å². The van der Waals surface area contributed by atoms with Crippen LogP contribution in [0.4, 0.5) is 0 Å². The van der Waals surface area contributed by atoms with Gasteiger partial charge in [0.05, 0.1) is 17.6 Å². The molecule has 0 bridgehead atoms. The van der Waals surface area contributed by atoms with E-state index < -0.39 is 21.4 Å². The average molecular weight is 259 g/mol. The molecule has 0 saturated heterocycles. The SMILES string of the molecule is CCO[C@@H](c1cnc(C)cn1)[C@H](C)S(N)(=O)=O. The molecule has 2 N–H and O–H groups in total. The van der Waals surface area contributed by atoms with E-state index in [9.17, 15) is 8.42 Å². The second-order valence-electron chi connectivity index (χ2n) is 3.75. The van der Waals surface area contributed by atoms with Gasteiger partial charge < -0.3 is 4.74 Å². The first kappa shape index (κ1) is 14.0. The molecule has 7 heteroatoms. The Labute approximate surface area is 101 Å². The Morgan fingerprint density at radius 1 is 1.41 bits per heavy atom. The van der Waals surface area contributed by atoms with Crippen molar-refractivity contribution in [3.8, 4) is 0 Å². The zero-order valence-corrected chi connectivity index (χ0v) is 10.9. The highest BCUT2D eigenvalue weighted by molar-refractivity contribution is 7.89. The van der Waals surface area contributed by atoms with Crippen LogP contribution in [-0.2, 0) is 14.8 Å². The fourth-order valence-corrected chi connectivity index (χ4v) is 1.93. The molecule has 0 aliphatic carbocycles. The number of primary sulfonamides is 1. The third kappa shape index (κ3) is 3.72. The fraction of sp³-hybridized carbons (Fsp3) is 0.600. The summed E-state index contributed by atoms with van der Waals surface area (Å²) in [7, 11) is -3.68. The van der Waals surface area contributed by atoms with Crippen LogP contribution in [-0.4, -0.2) is 30.2 Å². The summed E-state index contributed by atoms with van der Waals surface area (Å²) in [5.41, 5.74) is 1.23. The molecule has 0 radical (unpaired) electrons. The predicted molar refractivity (Wildman–Crippen MR) is 63.7 cm³/mol. The number of hydrogen-bond donors (Lipinski definition) is 1. The van der Waals surface area contributed by atoms with E-state index >= 15 is 0 Å². The van der Waals surface area contributed by atoms with Crippen molar-refractivity contribution in [1.29, 1.82) is 0 Å². The lowest BCUT2D eigenvalue weighted by Gasteiger charge is -2.21. The second-order valence-corrected chi connectivity index (χ2v) is 5.67. The minimum absolute atomic E-state index is 0.375. The lowest BCUT2D eigenvalue weighted by Crippen LogP contribution is -2.33. The molecule has 1 heterocycles. The molecule has 0 spiro atoms. The molecule has 0 aliphatic heterocycles. The van der Waals surface area contributed by atoms with E-state index in [4.69, 9.17) is 9.88 Å². The Morgan fingerprint density at radius 2 is 2.06 bits per heavy atom. The van der Waals surface area contributed by atoms with Crippen molar-refractivity contribution in [3.63, 3.8) is 0 Å². The number of aryl methyl sites for hydroxylation is 1. The lowest BCUT2D eigenvalue weighted by molar-refractivity contribution is 0.0587. The molecule has 96 valence electrons. The number of rotatable bonds is 5. The van der Waals surface area contributed by atoms with Crippen LogP contribution in [0.15, 0.2) is 12.4 Å². The summed E-state index contributed by atoms with van der Waals surface area (Å²) in [6.07, 6.45) is 2.39. The van der Waals surface area contributed by atoms with Crippen LogP contribution in [0.2, 0.25) is 0 Å². The number of aromatic nitrogens is 2. The summed E-state index contributed by atoms with van der Waals surface area (Å²) < 4.78 is 28.1. The van der Waals surface area contributed by atoms with Crippen LogP contribution in [0.5, 0.6) is 0 Å². The Balaban J connectivity index is 3.05. The number of hydrogen-bond acceptors (Lipinski definition) is 5. The summed E-state index contributed by atoms with van der Waals surface area (Å²) in [4.78, 5) is 8.19. The fourth-order valence-electron chi connectivity index (χ4n) is 1.36. The summed E-state index contributed by atoms with van der Waals surface area (Å²) in [6.45, 7) is 5.46. The molecule has 1 aromatic rings. The van der Waals surface area contributed by atoms with E-state index in [1.807, 2.05) is 0 Å². The predicted octanol–water partition coefficient (Wildman–Crippen LogP) is 0.540. The maximum Gasteiger partial charge on any atom is 0.214 e. The van der Waals surface area contributed by atoms with Crippen molar-refractivity contribution < 1.29 is 13.2 Å². The van der Waals surface area contributed by atoms with E-state index in [1.54, 1.807) is 20.0 Å². The molecule has 0 amide bonds. The number of sulfonamides is 1. The first-order valence-corrected chi connectivity index (χ1v) is 6.89. The van der Waals surface area contributed by atoms with Gasteiger partial charge in [-0.25, -0.2) is 13.6 Å². The standard InChI is InChI=1S/C10H17N3O3S/c1-4-16-10(8(3)17(11,14)15)9-6-12-7(2)5-13-9/h5-6,8,10H,4H2,1-3H3,(H2,11,14,15)/t8-,10+/m0/s1. The van der Waals surface area contributed by atoms with Gasteiger partial charge in [-0.3, -0.25) is 9.97 Å². The Bertz CT molecular complexity index is 458. The van der Waals surface area contributed by atoms with Gasteiger partial charge in [0, 0.05) is 12.8 Å². The van der Waals surface area contributed by atoms with Crippen molar-refractivity contribution in [1.82, 2.24) is 9.97 Å². The maximum absolute atomic E-state index is 11.3. The Kier molecular flexibility index (Phi) is 4.55. The van der Waals surface area contributed by atoms with Crippen molar-refractivity contribution in [3.05, 3.63) is 23.8 Å². The van der Waals surface area contributed by atoms with E-state index in [-0.39, 0.29) is 0 Å². The third-order valence-electron chi connectivity index (χ3n) is 2.38. The zero-order valence-electron chi connectivity index (χ0n) is 10.1. The van der Waals surface area contributed by atoms with Gasteiger partial charge in [-0.15, -0.1) is 0 Å². The summed E-state index contributed by atoms with van der Waals surface area (Å²) in [5, 5.41) is 4.26. The second kappa shape index (κ2) is 5.52. The van der Waals surface area contributed by atoms with Gasteiger partial charge in [0.25, 0.3) is 0 Å². The van der Waals surface area contributed by atoms with Crippen LogP contribution in [0.25, 0.3) is 0 Å². The smallest absolute Gasteiger partial charge is 0.214 e. The molecule has 17 heavy (non-hydrogen) atoms. The monoisotopic (exact) mass is 259 g/mol. The topological polar surface area (TPSA) is 95.2 Å². The minimum Gasteiger partial charge on any atom is -0.371 e. The third-order valence-corrected chi connectivity index (χ3v) is 3.67. The molecular weight excluding hydrogens is 242 g/mol. The quantitative estimate of drug-likeness (QED) is 0.832. The molecule has 1 aromatic heterocycles. The highest BCUT2D eigenvalue weighted by atomic mass is 32.2. The van der Waals surface area contributed by atoms with E-state index in [2.05, 4.69) is 9.97 Å². The lowest BCUT2D eigenvalue weighted by atomic mass is 10.2. The van der Waals surface area contributed by atoms with E-state index in [0.717, 1.165) is 5.69 Å². The van der Waals surface area contributed by atoms with Gasteiger partial charge in [-0.2, -0.15) is 0 Å². The minimum atomic E-state index is -3.68. The molecule has 0 aromatic carbocycles. The normalized spacial score (nSPS) is 15.5. The van der Waals surface area contributed by atoms with Gasteiger partial charge in [0.2, 0.25) is 10.0 Å². The van der Waals surface area contributed by atoms with Crippen LogP contribution in [0.1, 0.15) is 31.3 Å². The van der Waals surface area contributed by atoms with Crippen LogP contribution < -0.4 is 5.14 Å². The van der Waals surface area contributed by atoms with Gasteiger partial charge in [0.15, 0.2) is 0 Å². The van der Waals surface area contributed by atoms with Crippen molar-refractivity contribution in [2.45, 2.75) is 32.1 Å². The Hall–Kier alpha value is -1.05. The number of nitrogens with zero attached hydrogens (tertiary/aromatic N) is 2. The molecule has 0 unspecified atom stereocenters. The Morgan fingerprint density at radius 3 is 2.47 bits per heavy atom. The van der Waals surface area contributed by atoms with Crippen molar-refractivity contribution in [2.24, 2.45) is 5.14 Å². The van der Waals surface area contributed by atoms with Crippen LogP contribution >= 0.6 is 0 Å². The molecule has 0 aliphatic rings. The summed E-state index contributed by atoms with van der Waals surface area (Å²) >= 11 is 0. The highest BCUT2D eigenvalue weighted by Crippen LogP contribution is 2.22. The number of nitrogens with two attached hydrogens (primary N) is 1. The summed E-state index contributed by atoms with van der Waals surface area (Å²) in [6, 6.07) is 0. The van der Waals surface area contributed by atoms with Gasteiger partial charge in [-0.1, -0.05) is 0 Å². The highest BCUT2D eigenvalue weighted by Gasteiger charge is 2.29. The molecular formula is C10H17N3O3S. The van der Waals surface area contributed by atoms with E-state index in [1.165, 1.54) is 13.1 Å². The van der Waals surface area contributed by atoms with Crippen LogP contribution in [0.3, 0.4) is 0 Å². The molecule has 0 fully saturated rings. The van der Waals surface area contributed by atoms with Crippen molar-refractivity contribution in [2.75, 3.05) is 6.61 Å². The summed E-state index contributed by atoms with van der Waals surface area (Å²) in [5.74, 6) is 0. The largest absolute Gasteiger partial charge is 0.371 e. The van der Waals surface area contributed by atoms with Crippen molar-refractivity contribution >= 4 is 10.0 Å².